The molecule has 4 rings (SSSR count). The third-order valence-electron chi connectivity index (χ3n) is 6.28. The average molecular weight is 435 g/mol. The molecule has 1 aromatic carbocycles. The number of imidazole rings is 1. The summed E-state index contributed by atoms with van der Waals surface area (Å²) in [5, 5.41) is 1.01. The lowest BCUT2D eigenvalue weighted by molar-refractivity contribution is 0.0607. The predicted molar refractivity (Wildman–Crippen MR) is 128 cm³/mol. The predicted octanol–water partition coefficient (Wildman–Crippen LogP) is 4.91. The van der Waals surface area contributed by atoms with Crippen LogP contribution in [0.25, 0.3) is 22.2 Å². The molecule has 0 saturated carbocycles. The van der Waals surface area contributed by atoms with Crippen LogP contribution in [0, 0.1) is 5.92 Å². The number of aromatic nitrogens is 3. The van der Waals surface area contributed by atoms with Gasteiger partial charge in [0, 0.05) is 55.9 Å². The molecule has 0 bridgehead atoms. The molecule has 0 aliphatic carbocycles. The first-order valence-corrected chi connectivity index (χ1v) is 11.6. The Labute approximate surface area is 190 Å². The number of nitrogens with zero attached hydrogens (tertiary/aromatic N) is 4. The minimum absolute atomic E-state index is 0.0720. The van der Waals surface area contributed by atoms with Crippen molar-refractivity contribution in [1.82, 2.24) is 19.4 Å². The maximum Gasteiger partial charge on any atom is 0.272 e. The number of para-hydroxylation sites is 1. The molecule has 0 radical (unpaired) electrons. The minimum Gasteiger partial charge on any atom is -0.381 e. The Balaban J connectivity index is 1.83. The Kier molecular flexibility index (Phi) is 6.33. The number of ether oxygens (including phenoxy) is 1. The van der Waals surface area contributed by atoms with Gasteiger partial charge in [0.05, 0.1) is 11.2 Å². The van der Waals surface area contributed by atoms with Crippen LogP contribution < -0.4 is 0 Å². The number of amides is 1. The van der Waals surface area contributed by atoms with Crippen LogP contribution in [-0.2, 0) is 16.7 Å². The first-order chi connectivity index (χ1) is 15.3. The van der Waals surface area contributed by atoms with Gasteiger partial charge in [0.15, 0.2) is 0 Å². The Bertz CT molecular complexity index is 1110. The fourth-order valence-corrected chi connectivity index (χ4v) is 4.33. The molecule has 32 heavy (non-hydrogen) atoms. The van der Waals surface area contributed by atoms with Crippen molar-refractivity contribution in [3.05, 3.63) is 48.0 Å². The van der Waals surface area contributed by atoms with Gasteiger partial charge < -0.3 is 14.2 Å². The third kappa shape index (κ3) is 4.56. The van der Waals surface area contributed by atoms with Gasteiger partial charge in [0.25, 0.3) is 5.91 Å². The van der Waals surface area contributed by atoms with Crippen molar-refractivity contribution in [3.63, 3.8) is 0 Å². The van der Waals surface area contributed by atoms with Crippen molar-refractivity contribution in [2.45, 2.75) is 52.5 Å². The van der Waals surface area contributed by atoms with Crippen LogP contribution in [0.1, 0.15) is 56.8 Å². The lowest BCUT2D eigenvalue weighted by atomic mass is 9.94. The van der Waals surface area contributed by atoms with Gasteiger partial charge in [-0.3, -0.25) is 4.79 Å². The normalized spacial score (nSPS) is 15.3. The summed E-state index contributed by atoms with van der Waals surface area (Å²) < 4.78 is 7.87. The smallest absolute Gasteiger partial charge is 0.272 e. The number of benzene rings is 1. The van der Waals surface area contributed by atoms with Crippen LogP contribution in [0.5, 0.6) is 0 Å². The van der Waals surface area contributed by atoms with E-state index in [1.54, 1.807) is 11.9 Å². The summed E-state index contributed by atoms with van der Waals surface area (Å²) in [5.41, 5.74) is 3.04. The van der Waals surface area contributed by atoms with Crippen molar-refractivity contribution in [1.29, 1.82) is 0 Å². The fourth-order valence-electron chi connectivity index (χ4n) is 4.33. The molecule has 3 aromatic rings. The largest absolute Gasteiger partial charge is 0.381 e. The number of carbonyl (C=O) groups is 1. The Hall–Kier alpha value is -2.73. The molecule has 1 amide bonds. The number of fused-ring (bicyclic) bond motifs is 1. The quantitative estimate of drug-likeness (QED) is 0.572. The van der Waals surface area contributed by atoms with Crippen molar-refractivity contribution in [3.8, 4) is 11.3 Å². The summed E-state index contributed by atoms with van der Waals surface area (Å²) in [4.78, 5) is 24.4. The highest BCUT2D eigenvalue weighted by Crippen LogP contribution is 2.32. The number of pyridine rings is 1. The van der Waals surface area contributed by atoms with E-state index < -0.39 is 0 Å². The third-order valence-corrected chi connectivity index (χ3v) is 6.28. The van der Waals surface area contributed by atoms with Crippen molar-refractivity contribution in [2.75, 3.05) is 26.8 Å². The first-order valence-electron chi connectivity index (χ1n) is 11.6. The van der Waals surface area contributed by atoms with Crippen molar-refractivity contribution < 1.29 is 9.53 Å². The van der Waals surface area contributed by atoms with Gasteiger partial charge in [-0.15, -0.1) is 0 Å². The highest BCUT2D eigenvalue weighted by atomic mass is 16.5. The van der Waals surface area contributed by atoms with E-state index >= 15 is 0 Å². The SMILES string of the molecule is CCN(C)C(=O)c1cc(-c2cn(CC3CCOCC3)c(C(C)(C)C)n2)c2ccccc2n1. The Morgan fingerprint density at radius 1 is 1.19 bits per heavy atom. The maximum atomic E-state index is 12.9. The molecule has 0 unspecified atom stereocenters. The second kappa shape index (κ2) is 9.02. The number of rotatable bonds is 5. The van der Waals surface area contributed by atoms with E-state index in [2.05, 4.69) is 42.6 Å². The first kappa shape index (κ1) is 22.5. The standard InChI is InChI=1S/C26H34N4O2/c1-6-29(5)24(31)22-15-20(19-9-7-8-10-21(19)27-22)23-17-30(25(28-23)26(2,3)4)16-18-11-13-32-14-12-18/h7-10,15,17-18H,6,11-14,16H2,1-5H3. The highest BCUT2D eigenvalue weighted by molar-refractivity contribution is 6.00. The van der Waals surface area contributed by atoms with Crippen LogP contribution in [-0.4, -0.2) is 52.1 Å². The summed E-state index contributed by atoms with van der Waals surface area (Å²) in [6.45, 7) is 11.8. The molecule has 1 saturated heterocycles. The van der Waals surface area contributed by atoms with E-state index in [1.165, 1.54) is 0 Å². The summed E-state index contributed by atoms with van der Waals surface area (Å²) >= 11 is 0. The van der Waals surface area contributed by atoms with Crippen LogP contribution in [0.15, 0.2) is 36.5 Å². The van der Waals surface area contributed by atoms with Crippen LogP contribution in [0.4, 0.5) is 0 Å². The molecule has 2 aromatic heterocycles. The Morgan fingerprint density at radius 2 is 1.91 bits per heavy atom. The molecule has 1 fully saturated rings. The fraction of sp³-hybridized carbons (Fsp3) is 0.500. The molecule has 1 aliphatic heterocycles. The second-order valence-electron chi connectivity index (χ2n) is 9.80. The molecule has 6 nitrogen and oxygen atoms in total. The average Bonchev–Trinajstić information content (AvgIpc) is 3.22. The van der Waals surface area contributed by atoms with Crippen LogP contribution in [0.2, 0.25) is 0 Å². The monoisotopic (exact) mass is 434 g/mol. The lowest BCUT2D eigenvalue weighted by Crippen LogP contribution is -2.27. The van der Waals surface area contributed by atoms with Crippen molar-refractivity contribution >= 4 is 16.8 Å². The van der Waals surface area contributed by atoms with Gasteiger partial charge in [0.2, 0.25) is 0 Å². The van der Waals surface area contributed by atoms with Crippen LogP contribution >= 0.6 is 0 Å². The number of hydrogen-bond donors (Lipinski definition) is 0. The second-order valence-corrected chi connectivity index (χ2v) is 9.80. The topological polar surface area (TPSA) is 60.2 Å². The summed E-state index contributed by atoms with van der Waals surface area (Å²) in [7, 11) is 1.80. The van der Waals surface area contributed by atoms with Gasteiger partial charge in [-0.2, -0.15) is 0 Å². The van der Waals surface area contributed by atoms with Gasteiger partial charge >= 0.3 is 0 Å². The number of hydrogen-bond acceptors (Lipinski definition) is 4. The summed E-state index contributed by atoms with van der Waals surface area (Å²) in [5.74, 6) is 1.59. The van der Waals surface area contributed by atoms with Crippen LogP contribution in [0.3, 0.4) is 0 Å². The zero-order valence-electron chi connectivity index (χ0n) is 19.9. The zero-order valence-corrected chi connectivity index (χ0v) is 19.9. The van der Waals surface area contributed by atoms with E-state index in [9.17, 15) is 4.79 Å². The zero-order chi connectivity index (χ0) is 22.9. The van der Waals surface area contributed by atoms with E-state index in [0.717, 1.165) is 60.6 Å². The van der Waals surface area contributed by atoms with Gasteiger partial charge in [-0.05, 0) is 37.8 Å². The molecule has 0 spiro atoms. The molecular formula is C26H34N4O2. The van der Waals surface area contributed by atoms with Crippen molar-refractivity contribution in [2.24, 2.45) is 5.92 Å². The van der Waals surface area contributed by atoms with Gasteiger partial charge in [0.1, 0.15) is 11.5 Å². The highest BCUT2D eigenvalue weighted by Gasteiger charge is 2.26. The van der Waals surface area contributed by atoms with E-state index in [-0.39, 0.29) is 11.3 Å². The summed E-state index contributed by atoms with van der Waals surface area (Å²) in [6, 6.07) is 9.90. The van der Waals surface area contributed by atoms with E-state index in [4.69, 9.17) is 9.72 Å². The lowest BCUT2D eigenvalue weighted by Gasteiger charge is -2.25. The summed E-state index contributed by atoms with van der Waals surface area (Å²) in [6.07, 6.45) is 4.32. The molecular weight excluding hydrogens is 400 g/mol. The maximum absolute atomic E-state index is 12.9. The van der Waals surface area contributed by atoms with Gasteiger partial charge in [-0.1, -0.05) is 39.0 Å². The van der Waals surface area contributed by atoms with E-state index in [1.807, 2.05) is 31.2 Å². The molecule has 170 valence electrons. The molecule has 3 heterocycles. The van der Waals surface area contributed by atoms with E-state index in [0.29, 0.717) is 18.2 Å². The minimum atomic E-state index is -0.0900. The Morgan fingerprint density at radius 3 is 2.59 bits per heavy atom. The number of carbonyl (C=O) groups excluding carboxylic acids is 1. The molecule has 1 aliphatic rings. The molecule has 6 heteroatoms. The molecule has 0 N–H and O–H groups in total. The van der Waals surface area contributed by atoms with Gasteiger partial charge in [-0.25, -0.2) is 9.97 Å². The molecule has 0 atom stereocenters.